The number of benzene rings is 2. The molecular weight excluding hydrogens is 494 g/mol. The van der Waals surface area contributed by atoms with Gasteiger partial charge < -0.3 is 10.1 Å². The molecule has 0 aromatic heterocycles. The number of nitrogens with one attached hydrogen (secondary N) is 2. The number of halogens is 3. The van der Waals surface area contributed by atoms with Crippen LogP contribution in [0.5, 0.6) is 5.75 Å². The first-order valence-electron chi connectivity index (χ1n) is 7.15. The second-order valence-electron chi connectivity index (χ2n) is 5.30. The van der Waals surface area contributed by atoms with Gasteiger partial charge >= 0.3 is 0 Å². The van der Waals surface area contributed by atoms with Gasteiger partial charge in [-0.15, -0.1) is 0 Å². The molecule has 132 valence electrons. The van der Waals surface area contributed by atoms with E-state index in [-0.39, 0.29) is 21.4 Å². The highest BCUT2D eigenvalue weighted by Crippen LogP contribution is 2.32. The predicted molar refractivity (Wildman–Crippen MR) is 115 cm³/mol. The summed E-state index contributed by atoms with van der Waals surface area (Å²) in [5.41, 5.74) is 3.26. The van der Waals surface area contributed by atoms with E-state index in [9.17, 15) is 4.79 Å². The van der Waals surface area contributed by atoms with Crippen molar-refractivity contribution in [3.63, 3.8) is 0 Å². The fraction of sp³-hybridized carbons (Fsp3) is 0.176. The van der Waals surface area contributed by atoms with E-state index in [0.717, 1.165) is 16.8 Å². The van der Waals surface area contributed by atoms with E-state index in [1.165, 1.54) is 22.8 Å². The Morgan fingerprint density at radius 3 is 2.32 bits per heavy atom. The van der Waals surface area contributed by atoms with Gasteiger partial charge in [-0.05, 0) is 84.0 Å². The fourth-order valence-corrected chi connectivity index (χ4v) is 3.38. The van der Waals surface area contributed by atoms with Crippen molar-refractivity contribution in [3.05, 3.63) is 54.6 Å². The van der Waals surface area contributed by atoms with Crippen molar-refractivity contribution >= 4 is 74.7 Å². The Kier molecular flexibility index (Phi) is 6.90. The van der Waals surface area contributed by atoms with Crippen molar-refractivity contribution < 1.29 is 9.53 Å². The van der Waals surface area contributed by atoms with Crippen LogP contribution in [0.1, 0.15) is 21.5 Å². The number of hydrogen-bond acceptors (Lipinski definition) is 3. The molecule has 0 aliphatic heterocycles. The van der Waals surface area contributed by atoms with Crippen LogP contribution in [0.4, 0.5) is 5.69 Å². The van der Waals surface area contributed by atoms with E-state index in [1.807, 2.05) is 26.0 Å². The SMILES string of the molecule is COc1c(Cl)cc(Cl)cc1C(=O)NC(=S)Nc1cc(C)c(I)c(C)c1. The average Bonchev–Trinajstić information content (AvgIpc) is 2.51. The van der Waals surface area contributed by atoms with Gasteiger partial charge in [0.25, 0.3) is 5.91 Å². The monoisotopic (exact) mass is 508 g/mol. The van der Waals surface area contributed by atoms with E-state index in [2.05, 4.69) is 33.2 Å². The highest BCUT2D eigenvalue weighted by molar-refractivity contribution is 14.1. The van der Waals surface area contributed by atoms with Crippen molar-refractivity contribution in [1.82, 2.24) is 5.32 Å². The molecule has 0 bridgehead atoms. The van der Waals surface area contributed by atoms with Crippen LogP contribution in [0.25, 0.3) is 0 Å². The standard InChI is InChI=1S/C17H15Cl2IN2O2S/c1-8-4-11(5-9(2)14(8)20)21-17(25)22-16(23)12-6-10(18)7-13(19)15(12)24-3/h4-7H,1-3H3,(H2,21,22,23,25). The minimum Gasteiger partial charge on any atom is -0.494 e. The first-order valence-corrected chi connectivity index (χ1v) is 9.39. The van der Waals surface area contributed by atoms with Crippen LogP contribution in [0.3, 0.4) is 0 Å². The van der Waals surface area contributed by atoms with Crippen LogP contribution in [-0.4, -0.2) is 18.1 Å². The Hall–Kier alpha value is -1.09. The molecule has 0 aliphatic carbocycles. The Bertz CT molecular complexity index is 836. The van der Waals surface area contributed by atoms with Gasteiger partial charge in [0.1, 0.15) is 5.75 Å². The number of methoxy groups -OCH3 is 1. The molecule has 2 N–H and O–H groups in total. The zero-order valence-electron chi connectivity index (χ0n) is 13.7. The van der Waals surface area contributed by atoms with Crippen LogP contribution < -0.4 is 15.4 Å². The number of hydrogen-bond donors (Lipinski definition) is 2. The Labute approximate surface area is 175 Å². The van der Waals surface area contributed by atoms with Crippen LogP contribution >= 0.6 is 58.0 Å². The van der Waals surface area contributed by atoms with Gasteiger partial charge in [-0.1, -0.05) is 23.2 Å². The zero-order valence-corrected chi connectivity index (χ0v) is 18.2. The second kappa shape index (κ2) is 8.53. The number of ether oxygens (including phenoxy) is 1. The first kappa shape index (κ1) is 20.2. The molecule has 8 heteroatoms. The van der Waals surface area contributed by atoms with E-state index < -0.39 is 5.91 Å². The topological polar surface area (TPSA) is 50.4 Å². The summed E-state index contributed by atoms with van der Waals surface area (Å²) in [6.45, 7) is 4.03. The first-order chi connectivity index (χ1) is 11.7. The minimum atomic E-state index is -0.460. The molecule has 2 aromatic carbocycles. The van der Waals surface area contributed by atoms with Crippen molar-refractivity contribution in [2.24, 2.45) is 0 Å². The number of carbonyl (C=O) groups excluding carboxylic acids is 1. The third kappa shape index (κ3) is 4.97. The molecular formula is C17H15Cl2IN2O2S. The highest BCUT2D eigenvalue weighted by Gasteiger charge is 2.18. The lowest BCUT2D eigenvalue weighted by Crippen LogP contribution is -2.34. The van der Waals surface area contributed by atoms with Gasteiger partial charge in [0, 0.05) is 14.3 Å². The molecule has 0 heterocycles. The number of anilines is 1. The summed E-state index contributed by atoms with van der Waals surface area (Å²) in [6.07, 6.45) is 0. The molecule has 0 aliphatic rings. The maximum absolute atomic E-state index is 12.5. The smallest absolute Gasteiger partial charge is 0.261 e. The number of amides is 1. The summed E-state index contributed by atoms with van der Waals surface area (Å²) < 4.78 is 6.37. The third-order valence-corrected chi connectivity index (χ3v) is 5.78. The van der Waals surface area contributed by atoms with Crippen LogP contribution in [0.2, 0.25) is 10.0 Å². The fourth-order valence-electron chi connectivity index (χ4n) is 2.29. The summed E-state index contributed by atoms with van der Waals surface area (Å²) in [6, 6.07) is 6.91. The lowest BCUT2D eigenvalue weighted by Gasteiger charge is -2.14. The third-order valence-electron chi connectivity index (χ3n) is 3.38. The summed E-state index contributed by atoms with van der Waals surface area (Å²) in [5.74, 6) is -0.218. The van der Waals surface area contributed by atoms with Gasteiger partial charge in [0.15, 0.2) is 5.11 Å². The lowest BCUT2D eigenvalue weighted by atomic mass is 10.1. The zero-order chi connectivity index (χ0) is 18.7. The highest BCUT2D eigenvalue weighted by atomic mass is 127. The van der Waals surface area contributed by atoms with Gasteiger partial charge in [0.05, 0.1) is 17.7 Å². The lowest BCUT2D eigenvalue weighted by molar-refractivity contribution is 0.0975. The quantitative estimate of drug-likeness (QED) is 0.433. The number of aryl methyl sites for hydroxylation is 2. The summed E-state index contributed by atoms with van der Waals surface area (Å²) in [7, 11) is 1.43. The average molecular weight is 509 g/mol. The molecule has 1 amide bonds. The van der Waals surface area contributed by atoms with Crippen LogP contribution in [-0.2, 0) is 0 Å². The molecule has 0 saturated carbocycles. The second-order valence-corrected chi connectivity index (χ2v) is 7.63. The molecule has 0 radical (unpaired) electrons. The summed E-state index contributed by atoms with van der Waals surface area (Å²) in [4.78, 5) is 12.5. The van der Waals surface area contributed by atoms with E-state index in [1.54, 1.807) is 0 Å². The van der Waals surface area contributed by atoms with Gasteiger partial charge in [-0.3, -0.25) is 10.1 Å². The predicted octanol–water partition coefficient (Wildman–Crippen LogP) is 5.35. The van der Waals surface area contributed by atoms with Gasteiger partial charge in [0.2, 0.25) is 0 Å². The number of carbonyl (C=O) groups is 1. The molecule has 25 heavy (non-hydrogen) atoms. The molecule has 0 unspecified atom stereocenters. The van der Waals surface area contributed by atoms with Gasteiger partial charge in [-0.2, -0.15) is 0 Å². The van der Waals surface area contributed by atoms with Crippen molar-refractivity contribution in [1.29, 1.82) is 0 Å². The van der Waals surface area contributed by atoms with Crippen molar-refractivity contribution in [3.8, 4) is 5.75 Å². The van der Waals surface area contributed by atoms with Crippen molar-refractivity contribution in [2.45, 2.75) is 13.8 Å². The minimum absolute atomic E-state index is 0.170. The van der Waals surface area contributed by atoms with Crippen LogP contribution in [0.15, 0.2) is 24.3 Å². The van der Waals surface area contributed by atoms with E-state index >= 15 is 0 Å². The van der Waals surface area contributed by atoms with Crippen LogP contribution in [0, 0.1) is 17.4 Å². The molecule has 0 saturated heterocycles. The Morgan fingerprint density at radius 1 is 1.16 bits per heavy atom. The largest absolute Gasteiger partial charge is 0.494 e. The number of rotatable bonds is 3. The Morgan fingerprint density at radius 2 is 1.76 bits per heavy atom. The summed E-state index contributed by atoms with van der Waals surface area (Å²) in [5, 5.41) is 6.37. The maximum atomic E-state index is 12.5. The van der Waals surface area contributed by atoms with Gasteiger partial charge in [-0.25, -0.2) is 0 Å². The van der Waals surface area contributed by atoms with E-state index in [4.69, 9.17) is 40.2 Å². The number of thiocarbonyl (C=S) groups is 1. The molecule has 0 spiro atoms. The molecule has 0 fully saturated rings. The Balaban J connectivity index is 2.17. The molecule has 4 nitrogen and oxygen atoms in total. The molecule has 2 rings (SSSR count). The normalized spacial score (nSPS) is 10.3. The molecule has 2 aromatic rings. The van der Waals surface area contributed by atoms with Crippen molar-refractivity contribution in [2.75, 3.05) is 12.4 Å². The molecule has 0 atom stereocenters. The maximum Gasteiger partial charge on any atom is 0.261 e. The summed E-state index contributed by atoms with van der Waals surface area (Å²) >= 11 is 19.5. The van der Waals surface area contributed by atoms with E-state index in [0.29, 0.717) is 5.02 Å².